The van der Waals surface area contributed by atoms with Crippen molar-refractivity contribution in [3.05, 3.63) is 29.1 Å². The van der Waals surface area contributed by atoms with Crippen LogP contribution in [0.1, 0.15) is 6.92 Å². The molecule has 26 heavy (non-hydrogen) atoms. The lowest BCUT2D eigenvalue weighted by molar-refractivity contribution is -0.921. The number of nitrogens with one attached hydrogen (secondary N) is 1. The first-order valence-electron chi connectivity index (χ1n) is 8.45. The smallest absolute Gasteiger partial charge is 0.324 e. The summed E-state index contributed by atoms with van der Waals surface area (Å²) in [5.41, 5.74) is 0.843. The summed E-state index contributed by atoms with van der Waals surface area (Å²) in [6, 6.07) is 7.55. The monoisotopic (exact) mass is 396 g/mol. The van der Waals surface area contributed by atoms with Crippen molar-refractivity contribution in [1.29, 1.82) is 0 Å². The van der Waals surface area contributed by atoms with Gasteiger partial charge in [0.25, 0.3) is 4.84 Å². The van der Waals surface area contributed by atoms with Gasteiger partial charge in [0.1, 0.15) is 12.3 Å². The van der Waals surface area contributed by atoms with Gasteiger partial charge in [-0.1, -0.05) is 0 Å². The van der Waals surface area contributed by atoms with E-state index in [1.54, 1.807) is 16.4 Å². The maximum Gasteiger partial charge on any atom is 0.324 e. The Morgan fingerprint density at radius 2 is 2.23 bits per heavy atom. The summed E-state index contributed by atoms with van der Waals surface area (Å²) in [6.07, 6.45) is 0. The molecule has 0 spiro atoms. The predicted octanol–water partition coefficient (Wildman–Crippen LogP) is 1.40. The van der Waals surface area contributed by atoms with Crippen LogP contribution in [0.3, 0.4) is 0 Å². The topological polar surface area (TPSA) is 70.9 Å². The van der Waals surface area contributed by atoms with E-state index in [2.05, 4.69) is 5.10 Å². The van der Waals surface area contributed by atoms with E-state index in [1.165, 1.54) is 12.0 Å². The molecular formula is C17H22N3O4S2+. The molecule has 1 aromatic carbocycles. The maximum atomic E-state index is 11.8. The zero-order valence-electron chi connectivity index (χ0n) is 14.8. The standard InChI is InChI=1S/C17H21N3O4S2/c1-3-23-13-6-4-12(5-7-13)15-18-20(17(25)24-15)11-19-8-9-26-14(10-19)16(21)22-2/h4-7,14H,3,8-11H2,1-2H3/p+1/t14-/m1/s1. The summed E-state index contributed by atoms with van der Waals surface area (Å²) in [6.45, 7) is 4.75. The number of ether oxygens (including phenoxy) is 2. The zero-order chi connectivity index (χ0) is 18.5. The fourth-order valence-electron chi connectivity index (χ4n) is 2.79. The van der Waals surface area contributed by atoms with E-state index in [1.807, 2.05) is 31.2 Å². The fourth-order valence-corrected chi connectivity index (χ4v) is 4.25. The highest BCUT2D eigenvalue weighted by atomic mass is 32.2. The number of hydrogen-bond acceptors (Lipinski definition) is 7. The van der Waals surface area contributed by atoms with Gasteiger partial charge in [0.05, 0.1) is 20.3 Å². The molecule has 2 heterocycles. The van der Waals surface area contributed by atoms with Crippen LogP contribution in [0.25, 0.3) is 11.5 Å². The molecule has 0 bridgehead atoms. The van der Waals surface area contributed by atoms with Crippen molar-refractivity contribution in [2.75, 3.05) is 32.6 Å². The molecule has 1 unspecified atom stereocenters. The molecule has 1 saturated heterocycles. The summed E-state index contributed by atoms with van der Waals surface area (Å²) in [5, 5.41) is 4.36. The molecule has 140 valence electrons. The normalized spacial score (nSPS) is 19.9. The molecule has 2 aromatic rings. The summed E-state index contributed by atoms with van der Waals surface area (Å²) >= 11 is 6.95. The highest BCUT2D eigenvalue weighted by Gasteiger charge is 2.30. The van der Waals surface area contributed by atoms with E-state index in [0.717, 1.165) is 23.6 Å². The summed E-state index contributed by atoms with van der Waals surface area (Å²) in [7, 11) is 1.42. The number of nitrogens with zero attached hydrogens (tertiary/aromatic N) is 2. The van der Waals surface area contributed by atoms with Crippen LogP contribution in [-0.4, -0.2) is 53.6 Å². The first-order chi connectivity index (χ1) is 12.6. The Hall–Kier alpha value is -1.84. The van der Waals surface area contributed by atoms with Crippen LogP contribution in [0.5, 0.6) is 5.75 Å². The van der Waals surface area contributed by atoms with Gasteiger partial charge in [0.15, 0.2) is 11.9 Å². The van der Waals surface area contributed by atoms with Crippen molar-refractivity contribution >= 4 is 29.9 Å². The van der Waals surface area contributed by atoms with Gasteiger partial charge in [0, 0.05) is 11.3 Å². The number of hydrogen-bond donors (Lipinski definition) is 1. The van der Waals surface area contributed by atoms with Crippen molar-refractivity contribution in [3.63, 3.8) is 0 Å². The van der Waals surface area contributed by atoms with E-state index in [-0.39, 0.29) is 11.2 Å². The molecule has 2 atom stereocenters. The van der Waals surface area contributed by atoms with E-state index >= 15 is 0 Å². The van der Waals surface area contributed by atoms with Crippen molar-refractivity contribution < 1.29 is 23.6 Å². The minimum Gasteiger partial charge on any atom is -0.494 e. The average Bonchev–Trinajstić information content (AvgIpc) is 3.02. The molecule has 9 heteroatoms. The number of benzene rings is 1. The zero-order valence-corrected chi connectivity index (χ0v) is 16.4. The van der Waals surface area contributed by atoms with E-state index in [0.29, 0.717) is 30.5 Å². The van der Waals surface area contributed by atoms with Crippen molar-refractivity contribution in [2.24, 2.45) is 0 Å². The van der Waals surface area contributed by atoms with E-state index in [4.69, 9.17) is 26.1 Å². The lowest BCUT2D eigenvalue weighted by atomic mass is 10.2. The van der Waals surface area contributed by atoms with Gasteiger partial charge in [-0.2, -0.15) is 4.68 Å². The van der Waals surface area contributed by atoms with Gasteiger partial charge in [-0.05, 0) is 43.4 Å². The predicted molar refractivity (Wildman–Crippen MR) is 101 cm³/mol. The van der Waals surface area contributed by atoms with Gasteiger partial charge in [0.2, 0.25) is 5.89 Å². The van der Waals surface area contributed by atoms with Gasteiger partial charge in [-0.3, -0.25) is 4.79 Å². The summed E-state index contributed by atoms with van der Waals surface area (Å²) in [4.78, 5) is 13.3. The Kier molecular flexibility index (Phi) is 6.33. The molecule has 1 fully saturated rings. The molecule has 0 radical (unpaired) electrons. The molecule has 1 aliphatic heterocycles. The molecule has 1 aliphatic rings. The number of quaternary nitrogens is 1. The second kappa shape index (κ2) is 8.70. The van der Waals surface area contributed by atoms with Gasteiger partial charge in [-0.15, -0.1) is 16.9 Å². The Labute approximate surface area is 161 Å². The Bertz CT molecular complexity index is 803. The van der Waals surface area contributed by atoms with Crippen molar-refractivity contribution in [1.82, 2.24) is 9.78 Å². The number of methoxy groups -OCH3 is 1. The molecule has 0 saturated carbocycles. The Balaban J connectivity index is 1.70. The molecule has 1 N–H and O–H groups in total. The van der Waals surface area contributed by atoms with Gasteiger partial charge in [-0.25, -0.2) is 0 Å². The third kappa shape index (κ3) is 4.46. The molecule has 7 nitrogen and oxygen atoms in total. The first kappa shape index (κ1) is 18.9. The van der Waals surface area contributed by atoms with E-state index < -0.39 is 0 Å². The lowest BCUT2D eigenvalue weighted by Gasteiger charge is -2.27. The maximum absolute atomic E-state index is 11.8. The van der Waals surface area contributed by atoms with Gasteiger partial charge < -0.3 is 18.8 Å². The molecule has 3 rings (SSSR count). The average molecular weight is 397 g/mol. The largest absolute Gasteiger partial charge is 0.494 e. The molecule has 1 aromatic heterocycles. The third-order valence-electron chi connectivity index (χ3n) is 4.10. The minimum atomic E-state index is -0.175. The lowest BCUT2D eigenvalue weighted by Crippen LogP contribution is -3.14. The number of carbonyl (C=O) groups is 1. The summed E-state index contributed by atoms with van der Waals surface area (Å²) < 4.78 is 17.6. The summed E-state index contributed by atoms with van der Waals surface area (Å²) in [5.74, 6) is 2.00. The second-order valence-electron chi connectivity index (χ2n) is 5.87. The van der Waals surface area contributed by atoms with Crippen LogP contribution in [0.15, 0.2) is 28.7 Å². The van der Waals surface area contributed by atoms with Crippen LogP contribution < -0.4 is 9.64 Å². The minimum absolute atomic E-state index is 0.143. The van der Waals surface area contributed by atoms with Crippen LogP contribution in [0.4, 0.5) is 0 Å². The van der Waals surface area contributed by atoms with Crippen LogP contribution in [-0.2, 0) is 16.2 Å². The number of thioether (sulfide) groups is 1. The Morgan fingerprint density at radius 3 is 2.92 bits per heavy atom. The number of rotatable bonds is 6. The van der Waals surface area contributed by atoms with E-state index in [9.17, 15) is 4.79 Å². The highest BCUT2D eigenvalue weighted by molar-refractivity contribution is 8.00. The Morgan fingerprint density at radius 1 is 1.46 bits per heavy atom. The molecule has 0 amide bonds. The first-order valence-corrected chi connectivity index (χ1v) is 9.90. The van der Waals surface area contributed by atoms with Gasteiger partial charge >= 0.3 is 5.97 Å². The number of aromatic nitrogens is 2. The number of esters is 1. The molecule has 0 aliphatic carbocycles. The third-order valence-corrected chi connectivity index (χ3v) is 5.60. The fraction of sp³-hybridized carbons (Fsp3) is 0.471. The van der Waals surface area contributed by atoms with Crippen LogP contribution in [0, 0.1) is 4.84 Å². The van der Waals surface area contributed by atoms with Crippen molar-refractivity contribution in [2.45, 2.75) is 18.8 Å². The van der Waals surface area contributed by atoms with Crippen LogP contribution >= 0.6 is 24.0 Å². The SMILES string of the molecule is CCOc1ccc(-c2nn(C[NH+]3CCS[C@@H](C(=O)OC)C3)c(=S)o2)cc1. The molecular weight excluding hydrogens is 374 g/mol. The second-order valence-corrected chi connectivity index (χ2v) is 7.53. The van der Waals surface area contributed by atoms with Crippen LogP contribution in [0.2, 0.25) is 0 Å². The number of carbonyl (C=O) groups excluding carboxylic acids is 1. The highest BCUT2D eigenvalue weighted by Crippen LogP contribution is 2.21. The van der Waals surface area contributed by atoms with Crippen molar-refractivity contribution in [3.8, 4) is 17.2 Å². The quantitative estimate of drug-likeness (QED) is 0.585.